The fourth-order valence-corrected chi connectivity index (χ4v) is 3.79. The van der Waals surface area contributed by atoms with Crippen molar-refractivity contribution < 1.29 is 17.9 Å². The fourth-order valence-electron chi connectivity index (χ4n) is 2.91. The first-order valence-electron chi connectivity index (χ1n) is 7.95. The maximum atomic E-state index is 12.1. The van der Waals surface area contributed by atoms with Crippen molar-refractivity contribution in [3.8, 4) is 11.5 Å². The molecule has 2 N–H and O–H groups in total. The Morgan fingerprint density at radius 1 is 1.08 bits per heavy atom. The van der Waals surface area contributed by atoms with Crippen molar-refractivity contribution in [3.05, 3.63) is 54.1 Å². The molecular formula is C18H20N2O4S. The molecule has 1 fully saturated rings. The van der Waals surface area contributed by atoms with Gasteiger partial charge in [0.2, 0.25) is 15.9 Å². The Labute approximate surface area is 147 Å². The standard InChI is InChI=1S/C18H20N2O4S/c1-13-2-6-16(7-3-13)24-17-8-4-15(5-9-17)20-11-14(10-18(20)21)12-25(19,22)23/h2-9,14H,10-12H2,1H3,(H2,19,22,23). The van der Waals surface area contributed by atoms with Crippen molar-refractivity contribution in [3.63, 3.8) is 0 Å². The monoisotopic (exact) mass is 360 g/mol. The third-order valence-electron chi connectivity index (χ3n) is 4.08. The van der Waals surface area contributed by atoms with Gasteiger partial charge in [-0.15, -0.1) is 0 Å². The van der Waals surface area contributed by atoms with Crippen LogP contribution in [0.4, 0.5) is 5.69 Å². The molecule has 0 saturated carbocycles. The summed E-state index contributed by atoms with van der Waals surface area (Å²) in [6.45, 7) is 2.36. The maximum absolute atomic E-state index is 12.1. The second kappa shape index (κ2) is 6.85. The van der Waals surface area contributed by atoms with Crippen LogP contribution in [0.1, 0.15) is 12.0 Å². The average Bonchev–Trinajstić information content (AvgIpc) is 2.89. The molecule has 25 heavy (non-hydrogen) atoms. The van der Waals surface area contributed by atoms with Gasteiger partial charge in [0.15, 0.2) is 0 Å². The van der Waals surface area contributed by atoms with Crippen molar-refractivity contribution in [1.29, 1.82) is 0 Å². The summed E-state index contributed by atoms with van der Waals surface area (Å²) in [5.41, 5.74) is 1.88. The van der Waals surface area contributed by atoms with Gasteiger partial charge in [0.1, 0.15) is 11.5 Å². The number of carbonyl (C=O) groups excluding carboxylic acids is 1. The summed E-state index contributed by atoms with van der Waals surface area (Å²) in [7, 11) is -3.58. The van der Waals surface area contributed by atoms with Crippen molar-refractivity contribution in [2.24, 2.45) is 11.1 Å². The third-order valence-corrected chi connectivity index (χ3v) is 5.01. The predicted octanol–water partition coefficient (Wildman–Crippen LogP) is 2.43. The molecule has 2 aromatic carbocycles. The van der Waals surface area contributed by atoms with Crippen LogP contribution in [0.15, 0.2) is 48.5 Å². The zero-order valence-corrected chi connectivity index (χ0v) is 14.7. The number of rotatable bonds is 5. The SMILES string of the molecule is Cc1ccc(Oc2ccc(N3CC(CS(N)(=O)=O)CC3=O)cc2)cc1. The summed E-state index contributed by atoms with van der Waals surface area (Å²) in [6.07, 6.45) is 0.193. The van der Waals surface area contributed by atoms with Gasteiger partial charge in [0.25, 0.3) is 0 Å². The summed E-state index contributed by atoms with van der Waals surface area (Å²) >= 11 is 0. The number of carbonyl (C=O) groups is 1. The van der Waals surface area contributed by atoms with Crippen LogP contribution >= 0.6 is 0 Å². The second-order valence-corrected chi connectivity index (χ2v) is 7.97. The molecule has 132 valence electrons. The number of hydrogen-bond donors (Lipinski definition) is 1. The molecule has 0 aliphatic carbocycles. The van der Waals surface area contributed by atoms with Crippen molar-refractivity contribution in [1.82, 2.24) is 0 Å². The Hall–Kier alpha value is -2.38. The summed E-state index contributed by atoms with van der Waals surface area (Å²) in [5, 5.41) is 5.07. The van der Waals surface area contributed by atoms with Crippen molar-refractivity contribution >= 4 is 21.6 Å². The summed E-state index contributed by atoms with van der Waals surface area (Å²) in [6, 6.07) is 14.9. The number of ether oxygens (including phenoxy) is 1. The number of aryl methyl sites for hydroxylation is 1. The van der Waals surface area contributed by atoms with Crippen LogP contribution in [-0.4, -0.2) is 26.6 Å². The molecule has 1 aliphatic rings. The molecule has 2 aromatic rings. The van der Waals surface area contributed by atoms with Gasteiger partial charge in [-0.3, -0.25) is 4.79 Å². The van der Waals surface area contributed by atoms with Gasteiger partial charge in [-0.25, -0.2) is 13.6 Å². The Morgan fingerprint density at radius 3 is 2.20 bits per heavy atom. The topological polar surface area (TPSA) is 89.7 Å². The van der Waals surface area contributed by atoms with Crippen LogP contribution in [0.3, 0.4) is 0 Å². The molecule has 1 amide bonds. The van der Waals surface area contributed by atoms with E-state index < -0.39 is 10.0 Å². The number of anilines is 1. The van der Waals surface area contributed by atoms with Gasteiger partial charge in [-0.05, 0) is 43.3 Å². The molecule has 0 radical (unpaired) electrons. The highest BCUT2D eigenvalue weighted by Gasteiger charge is 2.32. The fraction of sp³-hybridized carbons (Fsp3) is 0.278. The van der Waals surface area contributed by atoms with E-state index in [1.165, 1.54) is 0 Å². The minimum Gasteiger partial charge on any atom is -0.457 e. The van der Waals surface area contributed by atoms with E-state index in [0.717, 1.165) is 17.0 Å². The minimum absolute atomic E-state index is 0.0964. The van der Waals surface area contributed by atoms with E-state index in [9.17, 15) is 13.2 Å². The highest BCUT2D eigenvalue weighted by atomic mass is 32.2. The van der Waals surface area contributed by atoms with Crippen molar-refractivity contribution in [2.45, 2.75) is 13.3 Å². The van der Waals surface area contributed by atoms with Gasteiger partial charge in [0.05, 0.1) is 5.75 Å². The first kappa shape index (κ1) is 17.4. The molecule has 7 heteroatoms. The van der Waals surface area contributed by atoms with Gasteiger partial charge >= 0.3 is 0 Å². The van der Waals surface area contributed by atoms with E-state index in [4.69, 9.17) is 9.88 Å². The first-order valence-corrected chi connectivity index (χ1v) is 9.67. The third kappa shape index (κ3) is 4.58. The van der Waals surface area contributed by atoms with Crippen molar-refractivity contribution in [2.75, 3.05) is 17.2 Å². The lowest BCUT2D eigenvalue weighted by atomic mass is 10.1. The lowest BCUT2D eigenvalue weighted by Gasteiger charge is -2.17. The Bertz CT molecular complexity index is 861. The van der Waals surface area contributed by atoms with E-state index in [1.807, 2.05) is 31.2 Å². The first-order chi connectivity index (χ1) is 11.8. The Morgan fingerprint density at radius 2 is 1.64 bits per heavy atom. The highest BCUT2D eigenvalue weighted by Crippen LogP contribution is 2.29. The molecule has 0 spiro atoms. The average molecular weight is 360 g/mol. The lowest BCUT2D eigenvalue weighted by Crippen LogP contribution is -2.27. The van der Waals surface area contributed by atoms with E-state index in [0.29, 0.717) is 12.3 Å². The van der Waals surface area contributed by atoms with Gasteiger partial charge in [0, 0.05) is 24.6 Å². The number of nitrogens with two attached hydrogens (primary N) is 1. The smallest absolute Gasteiger partial charge is 0.227 e. The molecule has 1 heterocycles. The summed E-state index contributed by atoms with van der Waals surface area (Å²) < 4.78 is 28.2. The number of benzene rings is 2. The number of sulfonamides is 1. The van der Waals surface area contributed by atoms with E-state index in [-0.39, 0.29) is 24.0 Å². The lowest BCUT2D eigenvalue weighted by molar-refractivity contribution is -0.117. The molecule has 1 unspecified atom stereocenters. The number of amides is 1. The summed E-state index contributed by atoms with van der Waals surface area (Å²) in [5.74, 6) is 0.861. The Kier molecular flexibility index (Phi) is 4.78. The number of primary sulfonamides is 1. The molecule has 0 aromatic heterocycles. The predicted molar refractivity (Wildman–Crippen MR) is 96.1 cm³/mol. The number of hydrogen-bond acceptors (Lipinski definition) is 4. The van der Waals surface area contributed by atoms with Gasteiger partial charge in [-0.1, -0.05) is 17.7 Å². The number of nitrogens with zero attached hydrogens (tertiary/aromatic N) is 1. The van der Waals surface area contributed by atoms with Crippen LogP contribution in [0.2, 0.25) is 0 Å². The molecular weight excluding hydrogens is 340 g/mol. The Balaban J connectivity index is 1.68. The molecule has 0 bridgehead atoms. The highest BCUT2D eigenvalue weighted by molar-refractivity contribution is 7.89. The van der Waals surface area contributed by atoms with Crippen LogP contribution < -0.4 is 14.8 Å². The van der Waals surface area contributed by atoms with E-state index in [2.05, 4.69) is 0 Å². The van der Waals surface area contributed by atoms with Crippen LogP contribution in [0.5, 0.6) is 11.5 Å². The molecule has 1 saturated heterocycles. The van der Waals surface area contributed by atoms with E-state index >= 15 is 0 Å². The van der Waals surface area contributed by atoms with Gasteiger partial charge in [-0.2, -0.15) is 0 Å². The largest absolute Gasteiger partial charge is 0.457 e. The normalized spacial score (nSPS) is 17.8. The van der Waals surface area contributed by atoms with E-state index in [1.54, 1.807) is 29.2 Å². The van der Waals surface area contributed by atoms with Crippen LogP contribution in [-0.2, 0) is 14.8 Å². The summed E-state index contributed by atoms with van der Waals surface area (Å²) in [4.78, 5) is 13.7. The van der Waals surface area contributed by atoms with Gasteiger partial charge < -0.3 is 9.64 Å². The molecule has 1 atom stereocenters. The second-order valence-electron chi connectivity index (χ2n) is 6.31. The van der Waals surface area contributed by atoms with Crippen LogP contribution in [0.25, 0.3) is 0 Å². The zero-order valence-electron chi connectivity index (χ0n) is 13.9. The quantitative estimate of drug-likeness (QED) is 0.887. The molecule has 1 aliphatic heterocycles. The maximum Gasteiger partial charge on any atom is 0.227 e. The minimum atomic E-state index is -3.58. The zero-order chi connectivity index (χ0) is 18.0. The van der Waals surface area contributed by atoms with Crippen LogP contribution in [0, 0.1) is 12.8 Å². The molecule has 6 nitrogen and oxygen atoms in total. The molecule has 3 rings (SSSR count).